The molecule has 0 aliphatic carbocycles. The zero-order valence-electron chi connectivity index (χ0n) is 10.4. The number of rotatable bonds is 3. The Morgan fingerprint density at radius 1 is 1.44 bits per heavy atom. The van der Waals surface area contributed by atoms with Crippen molar-refractivity contribution in [2.45, 2.75) is 12.5 Å². The lowest BCUT2D eigenvalue weighted by atomic mass is 10.2. The molecule has 1 heterocycles. The first-order valence-electron chi connectivity index (χ1n) is 6.09. The van der Waals surface area contributed by atoms with Crippen molar-refractivity contribution in [2.75, 3.05) is 20.1 Å². The minimum atomic E-state index is 0.0719. The number of amides is 1. The van der Waals surface area contributed by atoms with Gasteiger partial charge in [-0.25, -0.2) is 0 Å². The number of hydrogen-bond acceptors (Lipinski definition) is 2. The third kappa shape index (κ3) is 3.34. The van der Waals surface area contributed by atoms with E-state index in [0.717, 1.165) is 25.1 Å². The van der Waals surface area contributed by atoms with Crippen molar-refractivity contribution in [3.63, 3.8) is 0 Å². The molecule has 96 valence electrons. The molecule has 3 nitrogen and oxygen atoms in total. The van der Waals surface area contributed by atoms with E-state index in [4.69, 9.17) is 11.6 Å². The normalized spacial score (nSPS) is 19.7. The quantitative estimate of drug-likeness (QED) is 0.849. The fourth-order valence-electron chi connectivity index (χ4n) is 2.04. The molecule has 18 heavy (non-hydrogen) atoms. The van der Waals surface area contributed by atoms with E-state index in [1.54, 1.807) is 6.08 Å². The maximum Gasteiger partial charge on any atom is 0.246 e. The number of carbonyl (C=O) groups is 1. The Balaban J connectivity index is 1.93. The van der Waals surface area contributed by atoms with Crippen LogP contribution in [0.3, 0.4) is 0 Å². The van der Waals surface area contributed by atoms with E-state index in [1.165, 1.54) is 0 Å². The van der Waals surface area contributed by atoms with Crippen molar-refractivity contribution in [1.82, 2.24) is 10.2 Å². The van der Waals surface area contributed by atoms with Gasteiger partial charge in [0, 0.05) is 30.2 Å². The third-order valence-corrected chi connectivity index (χ3v) is 3.45. The van der Waals surface area contributed by atoms with Crippen LogP contribution in [-0.2, 0) is 4.79 Å². The smallest absolute Gasteiger partial charge is 0.246 e. The second-order valence-corrected chi connectivity index (χ2v) is 4.88. The lowest BCUT2D eigenvalue weighted by Crippen LogP contribution is -2.32. The van der Waals surface area contributed by atoms with Crippen LogP contribution < -0.4 is 5.32 Å². The summed E-state index contributed by atoms with van der Waals surface area (Å²) in [5.41, 5.74) is 0.983. The third-order valence-electron chi connectivity index (χ3n) is 3.20. The maximum atomic E-state index is 11.9. The van der Waals surface area contributed by atoms with E-state index in [2.05, 4.69) is 5.32 Å². The van der Waals surface area contributed by atoms with E-state index in [9.17, 15) is 4.79 Å². The summed E-state index contributed by atoms with van der Waals surface area (Å²) in [7, 11) is 1.93. The standard InChI is InChI=1S/C14H17ClN2O/c1-16-13-8-9-17(10-13)14(18)7-4-11-2-5-12(15)6-3-11/h2-7,13,16H,8-10H2,1H3/b7-4+. The average molecular weight is 265 g/mol. The largest absolute Gasteiger partial charge is 0.338 e. The highest BCUT2D eigenvalue weighted by atomic mass is 35.5. The molecule has 1 unspecified atom stereocenters. The van der Waals surface area contributed by atoms with E-state index >= 15 is 0 Å². The minimum Gasteiger partial charge on any atom is -0.338 e. The Hall–Kier alpha value is -1.32. The topological polar surface area (TPSA) is 32.3 Å². The van der Waals surface area contributed by atoms with Crippen molar-refractivity contribution in [3.8, 4) is 0 Å². The number of likely N-dealkylation sites (tertiary alicyclic amines) is 1. The summed E-state index contributed by atoms with van der Waals surface area (Å²) in [6.07, 6.45) is 4.48. The summed E-state index contributed by atoms with van der Waals surface area (Å²) in [5, 5.41) is 3.90. The van der Waals surface area contributed by atoms with Crippen LogP contribution in [0.4, 0.5) is 0 Å². The number of halogens is 1. The molecule has 1 aliphatic heterocycles. The van der Waals surface area contributed by atoms with E-state index in [-0.39, 0.29) is 5.91 Å². The summed E-state index contributed by atoms with van der Waals surface area (Å²) < 4.78 is 0. The Morgan fingerprint density at radius 3 is 2.78 bits per heavy atom. The Kier molecular flexibility index (Phi) is 4.39. The molecule has 1 fully saturated rings. The summed E-state index contributed by atoms with van der Waals surface area (Å²) in [5.74, 6) is 0.0719. The molecular formula is C14H17ClN2O. The molecule has 1 atom stereocenters. The predicted molar refractivity (Wildman–Crippen MR) is 74.5 cm³/mol. The van der Waals surface area contributed by atoms with Crippen molar-refractivity contribution < 1.29 is 4.79 Å². The van der Waals surface area contributed by atoms with Crippen molar-refractivity contribution in [3.05, 3.63) is 40.9 Å². The fraction of sp³-hybridized carbons (Fsp3) is 0.357. The molecule has 0 aromatic heterocycles. The molecule has 0 radical (unpaired) electrons. The van der Waals surface area contributed by atoms with Crippen LogP contribution in [-0.4, -0.2) is 37.0 Å². The number of nitrogens with zero attached hydrogens (tertiary/aromatic N) is 1. The van der Waals surface area contributed by atoms with Gasteiger partial charge in [-0.3, -0.25) is 4.79 Å². The van der Waals surface area contributed by atoms with Gasteiger partial charge in [-0.05, 0) is 37.2 Å². The average Bonchev–Trinajstić information content (AvgIpc) is 2.86. The second-order valence-electron chi connectivity index (χ2n) is 4.44. The van der Waals surface area contributed by atoms with E-state index < -0.39 is 0 Å². The fourth-order valence-corrected chi connectivity index (χ4v) is 2.17. The van der Waals surface area contributed by atoms with Crippen molar-refractivity contribution in [1.29, 1.82) is 0 Å². The molecule has 0 saturated carbocycles. The van der Waals surface area contributed by atoms with Gasteiger partial charge in [0.25, 0.3) is 0 Å². The molecular weight excluding hydrogens is 248 g/mol. The van der Waals surface area contributed by atoms with Crippen LogP contribution in [0.5, 0.6) is 0 Å². The summed E-state index contributed by atoms with van der Waals surface area (Å²) in [4.78, 5) is 13.8. The Bertz CT molecular complexity index is 442. The lowest BCUT2D eigenvalue weighted by Gasteiger charge is -2.13. The zero-order valence-corrected chi connectivity index (χ0v) is 11.2. The molecule has 2 rings (SSSR count). The molecule has 1 aliphatic rings. The first-order valence-corrected chi connectivity index (χ1v) is 6.46. The lowest BCUT2D eigenvalue weighted by molar-refractivity contribution is -0.125. The highest BCUT2D eigenvalue weighted by Crippen LogP contribution is 2.12. The molecule has 1 aromatic rings. The zero-order chi connectivity index (χ0) is 13.0. The van der Waals surface area contributed by atoms with Gasteiger partial charge >= 0.3 is 0 Å². The Morgan fingerprint density at radius 2 is 2.17 bits per heavy atom. The molecule has 1 amide bonds. The molecule has 1 saturated heterocycles. The van der Waals surface area contributed by atoms with Crippen LogP contribution in [0.15, 0.2) is 30.3 Å². The van der Waals surface area contributed by atoms with Gasteiger partial charge < -0.3 is 10.2 Å². The van der Waals surface area contributed by atoms with Crippen molar-refractivity contribution in [2.24, 2.45) is 0 Å². The predicted octanol–water partition coefficient (Wildman–Crippen LogP) is 2.17. The highest BCUT2D eigenvalue weighted by Gasteiger charge is 2.23. The Labute approximate surface area is 112 Å². The van der Waals surface area contributed by atoms with Crippen LogP contribution >= 0.6 is 11.6 Å². The monoisotopic (exact) mass is 264 g/mol. The molecule has 0 bridgehead atoms. The van der Waals surface area contributed by atoms with Gasteiger partial charge in [0.05, 0.1) is 0 Å². The summed E-state index contributed by atoms with van der Waals surface area (Å²) in [6.45, 7) is 1.62. The number of benzene rings is 1. The maximum absolute atomic E-state index is 11.9. The van der Waals surface area contributed by atoms with Gasteiger partial charge in [0.2, 0.25) is 5.91 Å². The SMILES string of the molecule is CNC1CCN(C(=O)/C=C/c2ccc(Cl)cc2)C1. The van der Waals surface area contributed by atoms with Crippen LogP contribution in [0.2, 0.25) is 5.02 Å². The summed E-state index contributed by atoms with van der Waals surface area (Å²) >= 11 is 5.80. The van der Waals surface area contributed by atoms with Gasteiger partial charge in [0.15, 0.2) is 0 Å². The van der Waals surface area contributed by atoms with Gasteiger partial charge in [-0.1, -0.05) is 23.7 Å². The first-order chi connectivity index (χ1) is 8.69. The van der Waals surface area contributed by atoms with Gasteiger partial charge in [-0.15, -0.1) is 0 Å². The van der Waals surface area contributed by atoms with E-state index in [1.807, 2.05) is 42.3 Å². The van der Waals surface area contributed by atoms with Gasteiger partial charge in [0.1, 0.15) is 0 Å². The number of carbonyl (C=O) groups excluding carboxylic acids is 1. The van der Waals surface area contributed by atoms with Crippen LogP contribution in [0, 0.1) is 0 Å². The molecule has 0 spiro atoms. The number of nitrogens with one attached hydrogen (secondary N) is 1. The molecule has 1 N–H and O–H groups in total. The van der Waals surface area contributed by atoms with Crippen LogP contribution in [0.1, 0.15) is 12.0 Å². The second kappa shape index (κ2) is 6.03. The van der Waals surface area contributed by atoms with Crippen LogP contribution in [0.25, 0.3) is 6.08 Å². The molecule has 4 heteroatoms. The van der Waals surface area contributed by atoms with Crippen molar-refractivity contribution >= 4 is 23.6 Å². The first kappa shape index (κ1) is 13.1. The number of likely N-dealkylation sites (N-methyl/N-ethyl adjacent to an activating group) is 1. The van der Waals surface area contributed by atoms with E-state index in [0.29, 0.717) is 11.1 Å². The minimum absolute atomic E-state index is 0.0719. The van der Waals surface area contributed by atoms with Gasteiger partial charge in [-0.2, -0.15) is 0 Å². The number of hydrogen-bond donors (Lipinski definition) is 1. The highest BCUT2D eigenvalue weighted by molar-refractivity contribution is 6.30. The summed E-state index contributed by atoms with van der Waals surface area (Å²) in [6, 6.07) is 7.86. The molecule has 1 aromatic carbocycles.